The molecule has 1 heterocycles. The van der Waals surface area contributed by atoms with Crippen LogP contribution in [-0.2, 0) is 16.8 Å². The predicted octanol–water partition coefficient (Wildman–Crippen LogP) is 2.58. The Morgan fingerprint density at radius 1 is 1.27 bits per heavy atom. The van der Waals surface area contributed by atoms with Crippen molar-refractivity contribution >= 4 is 34.2 Å². The van der Waals surface area contributed by atoms with E-state index in [1.807, 2.05) is 24.3 Å². The van der Waals surface area contributed by atoms with Gasteiger partial charge in [-0.25, -0.2) is 4.98 Å². The zero-order chi connectivity index (χ0) is 6.97. The first kappa shape index (κ1) is 9.06. The number of para-hydroxylation sites is 1. The number of hydrogen-bond donors (Lipinski definition) is 1. The molecular formula is C7H5CoNS2. The first-order chi connectivity index (χ1) is 4.86. The average Bonchev–Trinajstić information content (AvgIpc) is 2.27. The average molecular weight is 226 g/mol. The van der Waals surface area contributed by atoms with Crippen molar-refractivity contribution in [3.05, 3.63) is 24.3 Å². The van der Waals surface area contributed by atoms with Gasteiger partial charge in [0.2, 0.25) is 0 Å². The van der Waals surface area contributed by atoms with Crippen molar-refractivity contribution in [2.75, 3.05) is 0 Å². The van der Waals surface area contributed by atoms with Crippen LogP contribution in [0.5, 0.6) is 0 Å². The normalized spacial score (nSPS) is 9.55. The van der Waals surface area contributed by atoms with E-state index in [1.54, 1.807) is 11.3 Å². The van der Waals surface area contributed by atoms with Gasteiger partial charge in [0.1, 0.15) is 4.34 Å². The summed E-state index contributed by atoms with van der Waals surface area (Å²) in [5.74, 6) is 0. The van der Waals surface area contributed by atoms with Crippen molar-refractivity contribution in [1.82, 2.24) is 4.98 Å². The Labute approximate surface area is 84.4 Å². The van der Waals surface area contributed by atoms with Crippen LogP contribution in [0.15, 0.2) is 28.6 Å². The molecule has 11 heavy (non-hydrogen) atoms. The Morgan fingerprint density at radius 2 is 2.00 bits per heavy atom. The molecule has 0 N–H and O–H groups in total. The van der Waals surface area contributed by atoms with Gasteiger partial charge in [0.05, 0.1) is 10.2 Å². The molecule has 4 heteroatoms. The SMILES string of the molecule is Sc1nc2ccccc2s1.[Co]. The third kappa shape index (κ3) is 1.76. The minimum atomic E-state index is 0. The second kappa shape index (κ2) is 3.58. The third-order valence-electron chi connectivity index (χ3n) is 1.28. The summed E-state index contributed by atoms with van der Waals surface area (Å²) in [6.07, 6.45) is 0. The number of thiol groups is 1. The molecule has 0 spiro atoms. The molecule has 0 bridgehead atoms. The largest absolute Gasteiger partial charge is 0.230 e. The van der Waals surface area contributed by atoms with Crippen molar-refractivity contribution in [3.63, 3.8) is 0 Å². The summed E-state index contributed by atoms with van der Waals surface area (Å²) in [6, 6.07) is 8.03. The molecule has 2 rings (SSSR count). The minimum absolute atomic E-state index is 0. The minimum Gasteiger partial charge on any atom is -0.230 e. The van der Waals surface area contributed by atoms with E-state index in [0.29, 0.717) is 0 Å². The number of hydrogen-bond acceptors (Lipinski definition) is 3. The van der Waals surface area contributed by atoms with Crippen molar-refractivity contribution in [3.8, 4) is 0 Å². The molecular weight excluding hydrogens is 221 g/mol. The van der Waals surface area contributed by atoms with Crippen LogP contribution in [0.1, 0.15) is 0 Å². The molecule has 1 aromatic heterocycles. The maximum atomic E-state index is 4.20. The number of aromatic nitrogens is 1. The monoisotopic (exact) mass is 226 g/mol. The van der Waals surface area contributed by atoms with Gasteiger partial charge in [0, 0.05) is 16.8 Å². The zero-order valence-corrected chi connectivity index (χ0v) is 8.20. The summed E-state index contributed by atoms with van der Waals surface area (Å²) in [5, 5.41) is 0. The van der Waals surface area contributed by atoms with Gasteiger partial charge in [0.25, 0.3) is 0 Å². The van der Waals surface area contributed by atoms with E-state index < -0.39 is 0 Å². The summed E-state index contributed by atoms with van der Waals surface area (Å²) in [4.78, 5) is 4.20. The van der Waals surface area contributed by atoms with Crippen molar-refractivity contribution in [2.45, 2.75) is 4.34 Å². The second-order valence-corrected chi connectivity index (χ2v) is 3.72. The van der Waals surface area contributed by atoms with Gasteiger partial charge in [-0.1, -0.05) is 12.1 Å². The van der Waals surface area contributed by atoms with Gasteiger partial charge in [-0.2, -0.15) is 0 Å². The van der Waals surface area contributed by atoms with Crippen LogP contribution in [-0.4, -0.2) is 4.98 Å². The van der Waals surface area contributed by atoms with Crippen LogP contribution in [0.4, 0.5) is 0 Å². The van der Waals surface area contributed by atoms with Crippen LogP contribution in [0.2, 0.25) is 0 Å². The quantitative estimate of drug-likeness (QED) is 0.681. The Hall–Kier alpha value is -0.0335. The molecule has 0 unspecified atom stereocenters. The van der Waals surface area contributed by atoms with Crippen LogP contribution >= 0.6 is 24.0 Å². The van der Waals surface area contributed by atoms with E-state index in [0.717, 1.165) is 9.86 Å². The van der Waals surface area contributed by atoms with Crippen LogP contribution in [0.25, 0.3) is 10.2 Å². The van der Waals surface area contributed by atoms with E-state index in [4.69, 9.17) is 0 Å². The molecule has 1 aromatic carbocycles. The topological polar surface area (TPSA) is 12.9 Å². The molecule has 0 saturated heterocycles. The fourth-order valence-electron chi connectivity index (χ4n) is 0.860. The maximum absolute atomic E-state index is 4.20. The van der Waals surface area contributed by atoms with E-state index in [9.17, 15) is 0 Å². The van der Waals surface area contributed by atoms with E-state index >= 15 is 0 Å². The summed E-state index contributed by atoms with van der Waals surface area (Å²) in [5.41, 5.74) is 1.04. The molecule has 0 amide bonds. The third-order valence-corrected chi connectivity index (χ3v) is 2.50. The van der Waals surface area contributed by atoms with Crippen molar-refractivity contribution < 1.29 is 16.8 Å². The van der Waals surface area contributed by atoms with E-state index in [-0.39, 0.29) is 16.8 Å². The Kier molecular flexibility index (Phi) is 2.95. The molecule has 0 aliphatic rings. The van der Waals surface area contributed by atoms with Gasteiger partial charge in [-0.15, -0.1) is 24.0 Å². The Balaban J connectivity index is 0.000000605. The molecule has 0 aliphatic carbocycles. The maximum Gasteiger partial charge on any atom is 0.148 e. The molecule has 0 saturated carbocycles. The number of thiazole rings is 1. The molecule has 2 aromatic rings. The molecule has 0 aliphatic heterocycles. The van der Waals surface area contributed by atoms with Gasteiger partial charge < -0.3 is 0 Å². The van der Waals surface area contributed by atoms with Crippen LogP contribution in [0, 0.1) is 0 Å². The van der Waals surface area contributed by atoms with Gasteiger partial charge >= 0.3 is 0 Å². The molecule has 1 radical (unpaired) electrons. The molecule has 1 nitrogen and oxygen atoms in total. The van der Waals surface area contributed by atoms with Crippen molar-refractivity contribution in [1.29, 1.82) is 0 Å². The zero-order valence-electron chi connectivity index (χ0n) is 5.45. The second-order valence-electron chi connectivity index (χ2n) is 1.96. The fourth-order valence-corrected chi connectivity index (χ4v) is 1.97. The molecule has 0 fully saturated rings. The van der Waals surface area contributed by atoms with Gasteiger partial charge in [-0.05, 0) is 12.1 Å². The summed E-state index contributed by atoms with van der Waals surface area (Å²) in [6.45, 7) is 0. The first-order valence-corrected chi connectivity index (χ1v) is 4.17. The summed E-state index contributed by atoms with van der Waals surface area (Å²) < 4.78 is 2.04. The van der Waals surface area contributed by atoms with E-state index in [2.05, 4.69) is 17.6 Å². The molecule has 0 atom stereocenters. The van der Waals surface area contributed by atoms with Crippen LogP contribution < -0.4 is 0 Å². The Bertz CT molecular complexity index is 325. The number of fused-ring (bicyclic) bond motifs is 1. The van der Waals surface area contributed by atoms with Crippen LogP contribution in [0.3, 0.4) is 0 Å². The smallest absolute Gasteiger partial charge is 0.148 e. The Morgan fingerprint density at radius 3 is 2.73 bits per heavy atom. The van der Waals surface area contributed by atoms with Gasteiger partial charge in [0.15, 0.2) is 0 Å². The summed E-state index contributed by atoms with van der Waals surface area (Å²) in [7, 11) is 0. The van der Waals surface area contributed by atoms with Crippen molar-refractivity contribution in [2.24, 2.45) is 0 Å². The molecule has 59 valence electrons. The summed E-state index contributed by atoms with van der Waals surface area (Å²) >= 11 is 5.76. The number of nitrogens with zero attached hydrogens (tertiary/aromatic N) is 1. The van der Waals surface area contributed by atoms with E-state index in [1.165, 1.54) is 4.70 Å². The number of benzene rings is 1. The standard InChI is InChI=1S/C7H5NS2.Co/c9-7-8-5-3-1-2-4-6(5)10-7;/h1-4H,(H,8,9);. The fraction of sp³-hybridized carbons (Fsp3) is 0. The first-order valence-electron chi connectivity index (χ1n) is 2.91. The number of rotatable bonds is 0. The predicted molar refractivity (Wildman–Crippen MR) is 46.9 cm³/mol. The van der Waals surface area contributed by atoms with Gasteiger partial charge in [-0.3, -0.25) is 0 Å².